The van der Waals surface area contributed by atoms with Crippen LogP contribution in [0.1, 0.15) is 6.92 Å². The van der Waals surface area contributed by atoms with Crippen molar-refractivity contribution in [2.24, 2.45) is 5.73 Å². The summed E-state index contributed by atoms with van der Waals surface area (Å²) in [5.41, 5.74) is 5.30. The molecule has 64 valence electrons. The van der Waals surface area contributed by atoms with E-state index in [0.717, 1.165) is 0 Å². The fraction of sp³-hybridized carbons (Fsp3) is 0.571. The lowest BCUT2D eigenvalue weighted by atomic mass is 10.5. The van der Waals surface area contributed by atoms with Gasteiger partial charge in [0, 0.05) is 26.7 Å². The third-order valence-electron chi connectivity index (χ3n) is 1.35. The van der Waals surface area contributed by atoms with Crippen LogP contribution in [0.4, 0.5) is 0 Å². The molecule has 0 radical (unpaired) electrons. The van der Waals surface area contributed by atoms with Crippen molar-refractivity contribution in [2.45, 2.75) is 6.92 Å². The lowest BCUT2D eigenvalue weighted by Crippen LogP contribution is -2.42. The van der Waals surface area contributed by atoms with Crippen molar-refractivity contribution < 1.29 is 4.79 Å². The molecule has 0 aliphatic carbocycles. The Morgan fingerprint density at radius 2 is 2.27 bits per heavy atom. The summed E-state index contributed by atoms with van der Waals surface area (Å²) < 4.78 is 0. The van der Waals surface area contributed by atoms with Crippen LogP contribution in [0.5, 0.6) is 0 Å². The molecular weight excluding hydrogens is 142 g/mol. The predicted molar refractivity (Wildman–Crippen MR) is 44.4 cm³/mol. The van der Waals surface area contributed by atoms with E-state index >= 15 is 0 Å². The van der Waals surface area contributed by atoms with E-state index in [9.17, 15) is 4.79 Å². The van der Waals surface area contributed by atoms with Gasteiger partial charge >= 0.3 is 0 Å². The Balaban J connectivity index is 4.08. The fourth-order valence-electron chi connectivity index (χ4n) is 0.758. The molecule has 0 fully saturated rings. The van der Waals surface area contributed by atoms with Gasteiger partial charge in [-0.2, -0.15) is 0 Å². The van der Waals surface area contributed by atoms with Crippen LogP contribution in [-0.4, -0.2) is 36.1 Å². The van der Waals surface area contributed by atoms with Crippen LogP contribution in [-0.2, 0) is 4.79 Å². The summed E-state index contributed by atoms with van der Waals surface area (Å²) >= 11 is 0. The van der Waals surface area contributed by atoms with Crippen molar-refractivity contribution in [3.8, 4) is 0 Å². The third kappa shape index (κ3) is 3.04. The number of rotatable bonds is 4. The van der Waals surface area contributed by atoms with Crippen LogP contribution in [0.2, 0.25) is 0 Å². The van der Waals surface area contributed by atoms with Crippen molar-refractivity contribution in [2.75, 3.05) is 20.1 Å². The predicted octanol–water partition coefficient (Wildman–Crippen LogP) is -0.216. The quantitative estimate of drug-likeness (QED) is 0.574. The van der Waals surface area contributed by atoms with Crippen molar-refractivity contribution in [3.63, 3.8) is 0 Å². The molecule has 2 N–H and O–H groups in total. The number of amides is 1. The summed E-state index contributed by atoms with van der Waals surface area (Å²) in [5.74, 6) is -0.0298. The third-order valence-corrected chi connectivity index (χ3v) is 1.35. The summed E-state index contributed by atoms with van der Waals surface area (Å²) in [5, 5.41) is 3.14. The smallest absolute Gasteiger partial charge is 0.237 e. The summed E-state index contributed by atoms with van der Waals surface area (Å²) in [6, 6.07) is 0. The Morgan fingerprint density at radius 3 is 2.55 bits per heavy atom. The minimum absolute atomic E-state index is 0.0298. The molecule has 0 saturated carbocycles. The molecule has 0 unspecified atom stereocenters. The molecule has 0 atom stereocenters. The number of hydrazine groups is 1. The van der Waals surface area contributed by atoms with E-state index in [1.54, 1.807) is 18.3 Å². The first-order chi connectivity index (χ1) is 5.13. The van der Waals surface area contributed by atoms with Gasteiger partial charge in [0.25, 0.3) is 0 Å². The number of nitrogens with zero attached hydrogens (tertiary/aromatic N) is 2. The Bertz CT molecular complexity index is 147. The molecule has 0 spiro atoms. The molecule has 4 heteroatoms. The lowest BCUT2D eigenvalue weighted by molar-refractivity contribution is -0.140. The highest BCUT2D eigenvalue weighted by molar-refractivity contribution is 5.72. The molecule has 1 amide bonds. The van der Waals surface area contributed by atoms with Crippen LogP contribution in [0.25, 0.3) is 0 Å². The maximum Gasteiger partial charge on any atom is 0.237 e. The highest BCUT2D eigenvalue weighted by Crippen LogP contribution is 1.93. The Hall–Kier alpha value is -1.03. The molecular formula is C7H15N3O. The minimum atomic E-state index is -0.0298. The van der Waals surface area contributed by atoms with Crippen molar-refractivity contribution >= 4 is 5.91 Å². The average molecular weight is 157 g/mol. The average Bonchev–Trinajstić information content (AvgIpc) is 1.98. The second kappa shape index (κ2) is 4.73. The zero-order valence-corrected chi connectivity index (χ0v) is 7.08. The zero-order valence-electron chi connectivity index (χ0n) is 7.08. The first kappa shape index (κ1) is 9.97. The monoisotopic (exact) mass is 157 g/mol. The van der Waals surface area contributed by atoms with Crippen molar-refractivity contribution in [1.29, 1.82) is 0 Å². The van der Waals surface area contributed by atoms with Gasteiger partial charge < -0.3 is 5.73 Å². The standard InChI is InChI=1S/C7H15N3O/c1-4-9(3)10(6-5-8)7(2)11/h4H,1,5-6,8H2,2-3H3. The van der Waals surface area contributed by atoms with Crippen molar-refractivity contribution in [1.82, 2.24) is 10.0 Å². The van der Waals surface area contributed by atoms with Gasteiger partial charge in [-0.25, -0.2) is 0 Å². The molecule has 0 aliphatic rings. The summed E-state index contributed by atoms with van der Waals surface area (Å²) in [4.78, 5) is 10.9. The second-order valence-electron chi connectivity index (χ2n) is 2.19. The van der Waals surface area contributed by atoms with Gasteiger partial charge in [0.2, 0.25) is 5.91 Å². The Kier molecular flexibility index (Phi) is 4.29. The molecule has 11 heavy (non-hydrogen) atoms. The largest absolute Gasteiger partial charge is 0.329 e. The van der Waals surface area contributed by atoms with Gasteiger partial charge in [0.1, 0.15) is 0 Å². The van der Waals surface area contributed by atoms with E-state index in [4.69, 9.17) is 5.73 Å². The van der Waals surface area contributed by atoms with E-state index in [2.05, 4.69) is 6.58 Å². The highest BCUT2D eigenvalue weighted by atomic mass is 16.2. The van der Waals surface area contributed by atoms with E-state index in [1.807, 2.05) is 0 Å². The Labute approximate surface area is 67.2 Å². The molecule has 0 aromatic heterocycles. The van der Waals surface area contributed by atoms with Gasteiger partial charge in [0.05, 0.1) is 6.54 Å². The van der Waals surface area contributed by atoms with Crippen molar-refractivity contribution in [3.05, 3.63) is 12.8 Å². The molecule has 0 aromatic rings. The van der Waals surface area contributed by atoms with E-state index in [-0.39, 0.29) is 5.91 Å². The van der Waals surface area contributed by atoms with E-state index in [0.29, 0.717) is 13.1 Å². The van der Waals surface area contributed by atoms with Gasteiger partial charge in [-0.05, 0) is 0 Å². The van der Waals surface area contributed by atoms with Crippen LogP contribution < -0.4 is 5.73 Å². The van der Waals surface area contributed by atoms with Crippen LogP contribution >= 0.6 is 0 Å². The van der Waals surface area contributed by atoms with Gasteiger partial charge in [-0.15, -0.1) is 0 Å². The molecule has 0 heterocycles. The normalized spacial score (nSPS) is 9.00. The van der Waals surface area contributed by atoms with E-state index in [1.165, 1.54) is 11.9 Å². The Morgan fingerprint density at radius 1 is 1.73 bits per heavy atom. The molecule has 4 nitrogen and oxygen atoms in total. The number of nitrogens with two attached hydrogens (primary N) is 1. The topological polar surface area (TPSA) is 49.6 Å². The van der Waals surface area contributed by atoms with Crippen LogP contribution in [0, 0.1) is 0 Å². The fourth-order valence-corrected chi connectivity index (χ4v) is 0.758. The second-order valence-corrected chi connectivity index (χ2v) is 2.19. The first-order valence-corrected chi connectivity index (χ1v) is 3.47. The molecule has 0 rings (SSSR count). The number of carbonyl (C=O) groups excluding carboxylic acids is 1. The first-order valence-electron chi connectivity index (χ1n) is 3.47. The number of carbonyl (C=O) groups is 1. The highest BCUT2D eigenvalue weighted by Gasteiger charge is 2.08. The van der Waals surface area contributed by atoms with E-state index < -0.39 is 0 Å². The molecule has 0 saturated heterocycles. The molecule has 0 aliphatic heterocycles. The lowest BCUT2D eigenvalue weighted by Gasteiger charge is -2.28. The van der Waals surface area contributed by atoms with Gasteiger partial charge in [0.15, 0.2) is 0 Å². The summed E-state index contributed by atoms with van der Waals surface area (Å²) in [6.07, 6.45) is 1.57. The van der Waals surface area contributed by atoms with Crippen LogP contribution in [0.3, 0.4) is 0 Å². The molecule has 0 bridgehead atoms. The SMILES string of the molecule is C=CN(C)N(CCN)C(C)=O. The number of hydrogen-bond donors (Lipinski definition) is 1. The minimum Gasteiger partial charge on any atom is -0.329 e. The van der Waals surface area contributed by atoms with Gasteiger partial charge in [-0.1, -0.05) is 6.58 Å². The maximum atomic E-state index is 10.9. The zero-order chi connectivity index (χ0) is 8.85. The summed E-state index contributed by atoms with van der Waals surface area (Å²) in [7, 11) is 1.75. The van der Waals surface area contributed by atoms with Gasteiger partial charge in [-0.3, -0.25) is 14.8 Å². The maximum absolute atomic E-state index is 10.9. The van der Waals surface area contributed by atoms with Crippen LogP contribution in [0.15, 0.2) is 12.8 Å². The summed E-state index contributed by atoms with van der Waals surface area (Å²) in [6.45, 7) is 6.01. The number of hydrogen-bond acceptors (Lipinski definition) is 3. The molecule has 0 aromatic carbocycles.